The van der Waals surface area contributed by atoms with Crippen LogP contribution in [0.5, 0.6) is 0 Å². The molecule has 3 aromatic rings. The third-order valence-corrected chi connectivity index (χ3v) is 5.85. The molecule has 2 aromatic carbocycles. The number of carbonyl (C=O) groups excluding carboxylic acids is 2. The standard InChI is InChI=1S/C26H30N4O2/c1-3-14-30-15-6-7-20-17-19(10-11-24(20)30)12-13-27-25(31)26(32)29-23-16-18(2)28-22-9-5-4-8-21(22)23/h4-5,8-11,16-17H,3,6-7,12-15H2,1-2H3,(H,27,31)(H,28,29,32). The summed E-state index contributed by atoms with van der Waals surface area (Å²) in [4.78, 5) is 31.7. The van der Waals surface area contributed by atoms with Crippen LogP contribution >= 0.6 is 0 Å². The lowest BCUT2D eigenvalue weighted by Gasteiger charge is -2.31. The highest BCUT2D eigenvalue weighted by Crippen LogP contribution is 2.28. The van der Waals surface area contributed by atoms with Gasteiger partial charge in [-0.3, -0.25) is 14.6 Å². The summed E-state index contributed by atoms with van der Waals surface area (Å²) in [5.74, 6) is -1.29. The van der Waals surface area contributed by atoms with Crippen molar-refractivity contribution in [3.63, 3.8) is 0 Å². The van der Waals surface area contributed by atoms with Crippen molar-refractivity contribution in [1.82, 2.24) is 10.3 Å². The third-order valence-electron chi connectivity index (χ3n) is 5.85. The lowest BCUT2D eigenvalue weighted by Crippen LogP contribution is -2.36. The highest BCUT2D eigenvalue weighted by molar-refractivity contribution is 6.40. The van der Waals surface area contributed by atoms with Crippen LogP contribution in [0.1, 0.15) is 36.6 Å². The zero-order valence-electron chi connectivity index (χ0n) is 18.8. The van der Waals surface area contributed by atoms with E-state index in [-0.39, 0.29) is 0 Å². The fourth-order valence-electron chi connectivity index (χ4n) is 4.38. The first-order valence-corrected chi connectivity index (χ1v) is 11.4. The number of aryl methyl sites for hydroxylation is 2. The second-order valence-electron chi connectivity index (χ2n) is 8.34. The Balaban J connectivity index is 1.34. The largest absolute Gasteiger partial charge is 0.371 e. The number of pyridine rings is 1. The molecule has 2 amide bonds. The molecule has 4 rings (SSSR count). The molecule has 0 saturated heterocycles. The average molecular weight is 431 g/mol. The molecule has 32 heavy (non-hydrogen) atoms. The molecule has 1 aliphatic heterocycles. The number of para-hydroxylation sites is 1. The number of anilines is 2. The maximum Gasteiger partial charge on any atom is 0.313 e. The topological polar surface area (TPSA) is 74.3 Å². The van der Waals surface area contributed by atoms with Crippen molar-refractivity contribution in [2.75, 3.05) is 29.9 Å². The number of amides is 2. The van der Waals surface area contributed by atoms with Gasteiger partial charge in [-0.2, -0.15) is 0 Å². The first-order valence-electron chi connectivity index (χ1n) is 11.4. The Morgan fingerprint density at radius 1 is 1.09 bits per heavy atom. The van der Waals surface area contributed by atoms with E-state index in [2.05, 4.69) is 45.6 Å². The highest BCUT2D eigenvalue weighted by atomic mass is 16.2. The Kier molecular flexibility index (Phi) is 6.69. The first-order chi connectivity index (χ1) is 15.5. The van der Waals surface area contributed by atoms with Crippen LogP contribution in [0.15, 0.2) is 48.5 Å². The number of carbonyl (C=O) groups is 2. The summed E-state index contributed by atoms with van der Waals surface area (Å²) in [6, 6.07) is 15.9. The zero-order valence-corrected chi connectivity index (χ0v) is 18.8. The highest BCUT2D eigenvalue weighted by Gasteiger charge is 2.17. The molecule has 0 unspecified atom stereocenters. The number of rotatable bonds is 6. The second-order valence-corrected chi connectivity index (χ2v) is 8.34. The molecule has 0 fully saturated rings. The molecule has 0 spiro atoms. The van der Waals surface area contributed by atoms with E-state index in [9.17, 15) is 9.59 Å². The van der Waals surface area contributed by atoms with Crippen LogP contribution in [0.3, 0.4) is 0 Å². The molecular formula is C26H30N4O2. The number of benzene rings is 2. The molecule has 2 N–H and O–H groups in total. The van der Waals surface area contributed by atoms with Crippen LogP contribution in [-0.2, 0) is 22.4 Å². The van der Waals surface area contributed by atoms with Gasteiger partial charge in [-0.25, -0.2) is 0 Å². The summed E-state index contributed by atoms with van der Waals surface area (Å²) in [5, 5.41) is 6.29. The fourth-order valence-corrected chi connectivity index (χ4v) is 4.38. The van der Waals surface area contributed by atoms with Crippen molar-refractivity contribution in [2.24, 2.45) is 0 Å². The van der Waals surface area contributed by atoms with Crippen molar-refractivity contribution in [3.05, 3.63) is 65.4 Å². The molecule has 0 radical (unpaired) electrons. The van der Waals surface area contributed by atoms with Crippen LogP contribution in [0.2, 0.25) is 0 Å². The smallest absolute Gasteiger partial charge is 0.313 e. The maximum absolute atomic E-state index is 12.4. The summed E-state index contributed by atoms with van der Waals surface area (Å²) in [7, 11) is 0. The van der Waals surface area contributed by atoms with Gasteiger partial charge >= 0.3 is 11.8 Å². The van der Waals surface area contributed by atoms with Crippen LogP contribution in [0.4, 0.5) is 11.4 Å². The van der Waals surface area contributed by atoms with Gasteiger partial charge in [0.2, 0.25) is 0 Å². The number of hydrogen-bond donors (Lipinski definition) is 2. The third kappa shape index (κ3) is 4.90. The van der Waals surface area contributed by atoms with Crippen LogP contribution in [0.25, 0.3) is 10.9 Å². The quantitative estimate of drug-likeness (QED) is 0.580. The number of fused-ring (bicyclic) bond motifs is 2. The number of aromatic nitrogens is 1. The monoisotopic (exact) mass is 430 g/mol. The minimum atomic E-state index is -0.665. The lowest BCUT2D eigenvalue weighted by molar-refractivity contribution is -0.136. The predicted molar refractivity (Wildman–Crippen MR) is 129 cm³/mol. The van der Waals surface area contributed by atoms with Crippen molar-refractivity contribution in [3.8, 4) is 0 Å². The van der Waals surface area contributed by atoms with E-state index in [0.29, 0.717) is 18.7 Å². The molecule has 2 heterocycles. The normalized spacial score (nSPS) is 13.0. The van der Waals surface area contributed by atoms with Gasteiger partial charge in [-0.05, 0) is 61.9 Å². The van der Waals surface area contributed by atoms with Gasteiger partial charge in [0.15, 0.2) is 0 Å². The SMILES string of the molecule is CCCN1CCCc2cc(CCNC(=O)C(=O)Nc3cc(C)nc4ccccc34)ccc21. The van der Waals surface area contributed by atoms with E-state index >= 15 is 0 Å². The molecule has 166 valence electrons. The predicted octanol–water partition coefficient (Wildman–Crippen LogP) is 4.00. The maximum atomic E-state index is 12.4. The lowest BCUT2D eigenvalue weighted by atomic mass is 9.98. The Labute approximate surface area is 189 Å². The van der Waals surface area contributed by atoms with E-state index in [1.165, 1.54) is 23.2 Å². The summed E-state index contributed by atoms with van der Waals surface area (Å²) < 4.78 is 0. The summed E-state index contributed by atoms with van der Waals surface area (Å²) in [6.07, 6.45) is 4.11. The van der Waals surface area contributed by atoms with E-state index in [0.717, 1.165) is 42.5 Å². The molecule has 0 atom stereocenters. The average Bonchev–Trinajstić information content (AvgIpc) is 2.79. The van der Waals surface area contributed by atoms with E-state index in [4.69, 9.17) is 0 Å². The van der Waals surface area contributed by atoms with Crippen molar-refractivity contribution >= 4 is 34.1 Å². The second kappa shape index (κ2) is 9.81. The van der Waals surface area contributed by atoms with Gasteiger partial charge in [0.25, 0.3) is 0 Å². The first kappa shape index (κ1) is 21.8. The Morgan fingerprint density at radius 3 is 2.78 bits per heavy atom. The van der Waals surface area contributed by atoms with Crippen molar-refractivity contribution < 1.29 is 9.59 Å². The molecule has 6 nitrogen and oxygen atoms in total. The zero-order chi connectivity index (χ0) is 22.5. The summed E-state index contributed by atoms with van der Waals surface area (Å²) >= 11 is 0. The van der Waals surface area contributed by atoms with Crippen molar-refractivity contribution in [1.29, 1.82) is 0 Å². The Bertz CT molecular complexity index is 1140. The van der Waals surface area contributed by atoms with Crippen molar-refractivity contribution in [2.45, 2.75) is 39.5 Å². The van der Waals surface area contributed by atoms with Gasteiger partial charge in [-0.15, -0.1) is 0 Å². The number of hydrogen-bond acceptors (Lipinski definition) is 4. The molecule has 1 aliphatic rings. The van der Waals surface area contributed by atoms with Crippen LogP contribution < -0.4 is 15.5 Å². The Hall–Kier alpha value is -3.41. The minimum absolute atomic E-state index is 0.417. The molecule has 1 aromatic heterocycles. The molecule has 0 aliphatic carbocycles. The van der Waals surface area contributed by atoms with Gasteiger partial charge < -0.3 is 15.5 Å². The van der Waals surface area contributed by atoms with Crippen LogP contribution in [-0.4, -0.2) is 36.4 Å². The molecule has 6 heteroatoms. The van der Waals surface area contributed by atoms with Gasteiger partial charge in [-0.1, -0.05) is 37.3 Å². The Morgan fingerprint density at radius 2 is 1.94 bits per heavy atom. The van der Waals surface area contributed by atoms with E-state index < -0.39 is 11.8 Å². The van der Waals surface area contributed by atoms with E-state index in [1.807, 2.05) is 31.2 Å². The van der Waals surface area contributed by atoms with E-state index in [1.54, 1.807) is 6.07 Å². The van der Waals surface area contributed by atoms with Gasteiger partial charge in [0, 0.05) is 36.4 Å². The fraction of sp³-hybridized carbons (Fsp3) is 0.346. The molecule has 0 bridgehead atoms. The van der Waals surface area contributed by atoms with Gasteiger partial charge in [0.05, 0.1) is 11.2 Å². The molecule has 0 saturated carbocycles. The summed E-state index contributed by atoms with van der Waals surface area (Å²) in [6.45, 7) is 6.70. The van der Waals surface area contributed by atoms with Crippen LogP contribution in [0, 0.1) is 6.92 Å². The summed E-state index contributed by atoms with van der Waals surface area (Å²) in [5.41, 5.74) is 6.06. The minimum Gasteiger partial charge on any atom is -0.371 e. The number of nitrogens with one attached hydrogen (secondary N) is 2. The number of nitrogens with zero attached hydrogens (tertiary/aromatic N) is 2. The molecular weight excluding hydrogens is 400 g/mol. The van der Waals surface area contributed by atoms with Gasteiger partial charge in [0.1, 0.15) is 0 Å².